The summed E-state index contributed by atoms with van der Waals surface area (Å²) >= 11 is 12.5. The predicted octanol–water partition coefficient (Wildman–Crippen LogP) is 5.07. The molecule has 0 radical (unpaired) electrons. The van der Waals surface area contributed by atoms with E-state index in [0.717, 1.165) is 57.4 Å². The van der Waals surface area contributed by atoms with Gasteiger partial charge in [-0.05, 0) is 87.2 Å². The molecule has 2 heterocycles. The van der Waals surface area contributed by atoms with Gasteiger partial charge in [0.15, 0.2) is 0 Å². The summed E-state index contributed by atoms with van der Waals surface area (Å²) in [6.45, 7) is 4.05. The molecular weight excluding hydrogens is 497 g/mol. The van der Waals surface area contributed by atoms with E-state index in [9.17, 15) is 9.90 Å². The molecule has 8 heteroatoms. The van der Waals surface area contributed by atoms with E-state index in [4.69, 9.17) is 27.9 Å². The highest BCUT2D eigenvalue weighted by atomic mass is 35.5. The van der Waals surface area contributed by atoms with E-state index in [1.807, 2.05) is 36.4 Å². The number of aliphatic hydroxyl groups is 1. The third-order valence-corrected chi connectivity index (χ3v) is 8.03. The summed E-state index contributed by atoms with van der Waals surface area (Å²) in [4.78, 5) is 17.9. The number of anilines is 1. The van der Waals surface area contributed by atoms with Gasteiger partial charge in [0, 0.05) is 30.3 Å². The quantitative estimate of drug-likeness (QED) is 0.473. The number of nitrogens with one attached hydrogen (secondary N) is 1. The van der Waals surface area contributed by atoms with Crippen molar-refractivity contribution >= 4 is 34.8 Å². The molecule has 3 fully saturated rings. The highest BCUT2D eigenvalue weighted by molar-refractivity contribution is 6.32. The third kappa shape index (κ3) is 6.46. The van der Waals surface area contributed by atoms with Crippen molar-refractivity contribution < 1.29 is 14.6 Å². The van der Waals surface area contributed by atoms with Gasteiger partial charge in [0.2, 0.25) is 5.91 Å². The number of likely N-dealkylation sites (tertiary alicyclic amines) is 1. The van der Waals surface area contributed by atoms with Gasteiger partial charge in [-0.1, -0.05) is 35.7 Å². The largest absolute Gasteiger partial charge is 0.489 e. The lowest BCUT2D eigenvalue weighted by atomic mass is 9.99. The molecule has 3 aliphatic rings. The van der Waals surface area contributed by atoms with Gasteiger partial charge in [0.05, 0.1) is 23.1 Å². The molecule has 0 aromatic heterocycles. The highest BCUT2D eigenvalue weighted by Gasteiger charge is 2.33. The van der Waals surface area contributed by atoms with E-state index in [2.05, 4.69) is 15.1 Å². The van der Waals surface area contributed by atoms with E-state index in [-0.39, 0.29) is 17.9 Å². The molecule has 2 saturated heterocycles. The lowest BCUT2D eigenvalue weighted by Gasteiger charge is -2.33. The average Bonchev–Trinajstić information content (AvgIpc) is 3.57. The summed E-state index contributed by atoms with van der Waals surface area (Å²) in [7, 11) is 0. The summed E-state index contributed by atoms with van der Waals surface area (Å²) in [6.07, 6.45) is 5.81. The Bertz CT molecular complexity index is 1040. The van der Waals surface area contributed by atoms with Crippen LogP contribution in [0.4, 0.5) is 5.69 Å². The van der Waals surface area contributed by atoms with E-state index in [0.29, 0.717) is 34.4 Å². The van der Waals surface area contributed by atoms with Gasteiger partial charge in [0.25, 0.3) is 0 Å². The number of aliphatic hydroxyl groups excluding tert-OH is 1. The van der Waals surface area contributed by atoms with Gasteiger partial charge in [-0.3, -0.25) is 4.79 Å². The lowest BCUT2D eigenvalue weighted by Crippen LogP contribution is -2.50. The second-order valence-electron chi connectivity index (χ2n) is 10.3. The molecular formula is C28H35Cl2N3O3. The number of benzene rings is 2. The normalized spacial score (nSPS) is 22.3. The molecule has 0 spiro atoms. The number of ether oxygens (including phenoxy) is 1. The van der Waals surface area contributed by atoms with Crippen molar-refractivity contribution in [2.45, 2.75) is 56.8 Å². The standard InChI is InChI=1S/C28H35Cl2N3O3/c29-21-5-7-22(8-6-21)33-15-12-20(17-33)28(35)31-25(18-32-13-2-1-3-14-32)27(34)19-4-11-26(24(30)16-19)36-23-9-10-23/h4-8,11,16,20,23,25,27,34H,1-3,9-10,12-15,17-18H2,(H,31,35)/t20?,25-,27-/m1/s1. The fourth-order valence-corrected chi connectivity index (χ4v) is 5.56. The van der Waals surface area contributed by atoms with Crippen LogP contribution in [0.5, 0.6) is 5.75 Å². The van der Waals surface area contributed by atoms with Crippen molar-refractivity contribution in [1.29, 1.82) is 0 Å². The maximum Gasteiger partial charge on any atom is 0.225 e. The number of halogens is 2. The molecule has 3 atom stereocenters. The first-order valence-corrected chi connectivity index (χ1v) is 13.9. The summed E-state index contributed by atoms with van der Waals surface area (Å²) in [5.41, 5.74) is 1.77. The van der Waals surface area contributed by atoms with Crippen LogP contribution >= 0.6 is 23.2 Å². The molecule has 5 rings (SSSR count). The number of amides is 1. The van der Waals surface area contributed by atoms with E-state index < -0.39 is 12.1 Å². The molecule has 1 amide bonds. The maximum atomic E-state index is 13.4. The minimum atomic E-state index is -0.864. The Kier molecular flexibility index (Phi) is 8.26. The first-order valence-electron chi connectivity index (χ1n) is 13.1. The van der Waals surface area contributed by atoms with Crippen molar-refractivity contribution in [3.8, 4) is 5.75 Å². The minimum absolute atomic E-state index is 0.00712. The second-order valence-corrected chi connectivity index (χ2v) is 11.2. The number of rotatable bonds is 9. The van der Waals surface area contributed by atoms with Crippen LogP contribution in [0.25, 0.3) is 0 Å². The summed E-state index contributed by atoms with van der Waals surface area (Å²) in [6, 6.07) is 12.8. The van der Waals surface area contributed by atoms with Gasteiger partial charge in [-0.15, -0.1) is 0 Å². The monoisotopic (exact) mass is 531 g/mol. The summed E-state index contributed by atoms with van der Waals surface area (Å²) in [5.74, 6) is 0.516. The van der Waals surface area contributed by atoms with E-state index in [1.54, 1.807) is 6.07 Å². The smallest absolute Gasteiger partial charge is 0.225 e. The van der Waals surface area contributed by atoms with Crippen LogP contribution in [-0.4, -0.2) is 60.8 Å². The van der Waals surface area contributed by atoms with Crippen molar-refractivity contribution in [2.75, 3.05) is 37.6 Å². The zero-order valence-corrected chi connectivity index (χ0v) is 22.1. The van der Waals surface area contributed by atoms with Crippen molar-refractivity contribution in [3.63, 3.8) is 0 Å². The average molecular weight is 533 g/mol. The predicted molar refractivity (Wildman–Crippen MR) is 144 cm³/mol. The molecule has 2 aromatic rings. The number of piperidine rings is 1. The zero-order valence-electron chi connectivity index (χ0n) is 20.5. The van der Waals surface area contributed by atoms with Gasteiger partial charge in [0.1, 0.15) is 11.9 Å². The van der Waals surface area contributed by atoms with Crippen LogP contribution in [0.1, 0.15) is 50.2 Å². The lowest BCUT2D eigenvalue weighted by molar-refractivity contribution is -0.126. The number of nitrogens with zero attached hydrogens (tertiary/aromatic N) is 2. The van der Waals surface area contributed by atoms with E-state index in [1.165, 1.54) is 6.42 Å². The maximum absolute atomic E-state index is 13.4. The van der Waals surface area contributed by atoms with Crippen LogP contribution in [-0.2, 0) is 4.79 Å². The van der Waals surface area contributed by atoms with Gasteiger partial charge in [-0.25, -0.2) is 0 Å². The molecule has 2 aromatic carbocycles. The Balaban J connectivity index is 1.27. The van der Waals surface area contributed by atoms with Crippen LogP contribution in [0.15, 0.2) is 42.5 Å². The van der Waals surface area contributed by atoms with E-state index >= 15 is 0 Å². The molecule has 2 aliphatic heterocycles. The Morgan fingerprint density at radius 1 is 1.03 bits per heavy atom. The molecule has 1 aliphatic carbocycles. The van der Waals surface area contributed by atoms with Gasteiger partial charge in [-0.2, -0.15) is 0 Å². The molecule has 2 N–H and O–H groups in total. The Morgan fingerprint density at radius 3 is 2.47 bits per heavy atom. The summed E-state index contributed by atoms with van der Waals surface area (Å²) in [5, 5.41) is 15.8. The Hall–Kier alpha value is -1.99. The molecule has 36 heavy (non-hydrogen) atoms. The fraction of sp³-hybridized carbons (Fsp3) is 0.536. The van der Waals surface area contributed by atoms with Crippen molar-refractivity contribution in [1.82, 2.24) is 10.2 Å². The molecule has 6 nitrogen and oxygen atoms in total. The third-order valence-electron chi connectivity index (χ3n) is 7.48. The van der Waals surface area contributed by atoms with Crippen molar-refractivity contribution in [2.24, 2.45) is 5.92 Å². The summed E-state index contributed by atoms with van der Waals surface area (Å²) < 4.78 is 5.85. The molecule has 0 bridgehead atoms. The fourth-order valence-electron chi connectivity index (χ4n) is 5.20. The van der Waals surface area contributed by atoms with Crippen LogP contribution < -0.4 is 15.0 Å². The van der Waals surface area contributed by atoms with Crippen LogP contribution in [0.3, 0.4) is 0 Å². The number of hydrogen-bond acceptors (Lipinski definition) is 5. The van der Waals surface area contributed by atoms with Gasteiger partial charge >= 0.3 is 0 Å². The number of carbonyl (C=O) groups excluding carboxylic acids is 1. The number of carbonyl (C=O) groups is 1. The minimum Gasteiger partial charge on any atom is -0.489 e. The highest BCUT2D eigenvalue weighted by Crippen LogP contribution is 2.34. The SMILES string of the molecule is O=C(N[C@H](CN1CCCCC1)[C@H](O)c1ccc(OC2CC2)c(Cl)c1)C1CCN(c2ccc(Cl)cc2)C1. The first kappa shape index (κ1) is 25.7. The Labute approximate surface area is 223 Å². The Morgan fingerprint density at radius 2 is 1.78 bits per heavy atom. The molecule has 194 valence electrons. The zero-order chi connectivity index (χ0) is 25.1. The molecule has 1 unspecified atom stereocenters. The van der Waals surface area contributed by atoms with Gasteiger partial charge < -0.3 is 25.0 Å². The van der Waals surface area contributed by atoms with Crippen molar-refractivity contribution in [3.05, 3.63) is 58.1 Å². The number of hydrogen-bond donors (Lipinski definition) is 2. The van der Waals surface area contributed by atoms with Crippen LogP contribution in [0, 0.1) is 5.92 Å². The molecule has 1 saturated carbocycles. The first-order chi connectivity index (χ1) is 17.5. The van der Waals surface area contributed by atoms with Crippen LogP contribution in [0.2, 0.25) is 10.0 Å². The topological polar surface area (TPSA) is 65.0 Å². The second kappa shape index (κ2) is 11.6.